The summed E-state index contributed by atoms with van der Waals surface area (Å²) in [6.07, 6.45) is 2.89. The first-order valence-corrected chi connectivity index (χ1v) is 5.85. The van der Waals surface area contributed by atoms with Crippen LogP contribution in [0.25, 0.3) is 0 Å². The molecule has 0 aliphatic carbocycles. The van der Waals surface area contributed by atoms with Gasteiger partial charge < -0.3 is 11.1 Å². The van der Waals surface area contributed by atoms with E-state index in [-0.39, 0.29) is 5.91 Å². The predicted octanol–water partition coefficient (Wildman–Crippen LogP) is 1.72. The Morgan fingerprint density at radius 2 is 1.94 bits per heavy atom. The summed E-state index contributed by atoms with van der Waals surface area (Å²) in [5.41, 5.74) is 7.35. The van der Waals surface area contributed by atoms with E-state index in [1.807, 2.05) is 24.3 Å². The zero-order chi connectivity index (χ0) is 11.8. The minimum Gasteiger partial charge on any atom is -0.352 e. The molecule has 0 fully saturated rings. The molecule has 0 heterocycles. The fourth-order valence-electron chi connectivity index (χ4n) is 1.47. The fraction of sp³-hybridized carbons (Fsp3) is 0.462. The fourth-order valence-corrected chi connectivity index (χ4v) is 1.47. The van der Waals surface area contributed by atoms with Crippen molar-refractivity contribution in [3.8, 4) is 0 Å². The average Bonchev–Trinajstić information content (AvgIpc) is 2.34. The molecule has 1 amide bonds. The van der Waals surface area contributed by atoms with Gasteiger partial charge >= 0.3 is 0 Å². The molecule has 0 spiro atoms. The predicted molar refractivity (Wildman–Crippen MR) is 66.4 cm³/mol. The summed E-state index contributed by atoms with van der Waals surface area (Å²) in [4.78, 5) is 11.7. The van der Waals surface area contributed by atoms with Gasteiger partial charge in [-0.3, -0.25) is 4.79 Å². The Morgan fingerprint density at radius 3 is 2.50 bits per heavy atom. The molecule has 0 unspecified atom stereocenters. The Bertz CT molecular complexity index is 319. The van der Waals surface area contributed by atoms with E-state index in [0.717, 1.165) is 24.8 Å². The van der Waals surface area contributed by atoms with E-state index in [4.69, 9.17) is 5.73 Å². The molecule has 3 N–H and O–H groups in total. The first kappa shape index (κ1) is 12.7. The highest BCUT2D eigenvalue weighted by molar-refractivity contribution is 5.94. The molecular weight excluding hydrogens is 200 g/mol. The molecule has 3 nitrogen and oxygen atoms in total. The highest BCUT2D eigenvalue weighted by atomic mass is 16.1. The number of nitrogens with one attached hydrogen (secondary N) is 1. The van der Waals surface area contributed by atoms with Gasteiger partial charge in [0.25, 0.3) is 5.91 Å². The molecule has 0 bridgehead atoms. The van der Waals surface area contributed by atoms with Gasteiger partial charge in [0, 0.05) is 12.1 Å². The van der Waals surface area contributed by atoms with E-state index < -0.39 is 0 Å². The molecule has 0 saturated heterocycles. The third kappa shape index (κ3) is 4.03. The Hall–Kier alpha value is -1.35. The number of hydrogen-bond donors (Lipinski definition) is 2. The second kappa shape index (κ2) is 7.01. The SMILES string of the molecule is CCc1ccc(C(=O)NCCCCN)cc1. The van der Waals surface area contributed by atoms with Gasteiger partial charge in [0.05, 0.1) is 0 Å². The van der Waals surface area contributed by atoms with Gasteiger partial charge in [-0.15, -0.1) is 0 Å². The van der Waals surface area contributed by atoms with Gasteiger partial charge in [0.2, 0.25) is 0 Å². The number of benzene rings is 1. The van der Waals surface area contributed by atoms with Crippen molar-refractivity contribution in [1.82, 2.24) is 5.32 Å². The largest absolute Gasteiger partial charge is 0.352 e. The molecule has 1 aromatic carbocycles. The van der Waals surface area contributed by atoms with Crippen LogP contribution in [0, 0.1) is 0 Å². The minimum atomic E-state index is -0.000301. The van der Waals surface area contributed by atoms with Crippen molar-refractivity contribution in [2.75, 3.05) is 13.1 Å². The molecule has 0 atom stereocenters. The van der Waals surface area contributed by atoms with E-state index in [0.29, 0.717) is 13.1 Å². The quantitative estimate of drug-likeness (QED) is 0.717. The van der Waals surface area contributed by atoms with Crippen LogP contribution in [-0.2, 0) is 6.42 Å². The third-order valence-corrected chi connectivity index (χ3v) is 2.54. The normalized spacial score (nSPS) is 10.1. The van der Waals surface area contributed by atoms with Crippen molar-refractivity contribution in [2.24, 2.45) is 5.73 Å². The molecule has 0 radical (unpaired) electrons. The smallest absolute Gasteiger partial charge is 0.251 e. The number of hydrogen-bond acceptors (Lipinski definition) is 2. The molecule has 1 rings (SSSR count). The minimum absolute atomic E-state index is 0.000301. The van der Waals surface area contributed by atoms with Crippen molar-refractivity contribution >= 4 is 5.91 Å². The van der Waals surface area contributed by atoms with E-state index in [1.165, 1.54) is 5.56 Å². The number of amides is 1. The Morgan fingerprint density at radius 1 is 1.25 bits per heavy atom. The lowest BCUT2D eigenvalue weighted by atomic mass is 10.1. The molecule has 0 aliphatic heterocycles. The second-order valence-corrected chi connectivity index (χ2v) is 3.80. The van der Waals surface area contributed by atoms with Crippen LogP contribution in [0.4, 0.5) is 0 Å². The summed E-state index contributed by atoms with van der Waals surface area (Å²) in [7, 11) is 0. The second-order valence-electron chi connectivity index (χ2n) is 3.80. The van der Waals surface area contributed by atoms with Crippen molar-refractivity contribution < 1.29 is 4.79 Å². The summed E-state index contributed by atoms with van der Waals surface area (Å²) in [6, 6.07) is 7.73. The molecule has 0 aliphatic rings. The molecular formula is C13H20N2O. The maximum Gasteiger partial charge on any atom is 0.251 e. The number of rotatable bonds is 6. The molecule has 16 heavy (non-hydrogen) atoms. The van der Waals surface area contributed by atoms with Crippen LogP contribution in [0.1, 0.15) is 35.7 Å². The summed E-state index contributed by atoms with van der Waals surface area (Å²) < 4.78 is 0. The number of unbranched alkanes of at least 4 members (excludes halogenated alkanes) is 1. The Labute approximate surface area is 97.0 Å². The average molecular weight is 220 g/mol. The van der Waals surface area contributed by atoms with Crippen molar-refractivity contribution in [3.05, 3.63) is 35.4 Å². The van der Waals surface area contributed by atoms with E-state index in [1.54, 1.807) is 0 Å². The standard InChI is InChI=1S/C13H20N2O/c1-2-11-5-7-12(8-6-11)13(16)15-10-4-3-9-14/h5-8H,2-4,9-10,14H2,1H3,(H,15,16). The van der Waals surface area contributed by atoms with Crippen LogP contribution >= 0.6 is 0 Å². The highest BCUT2D eigenvalue weighted by Gasteiger charge is 2.03. The van der Waals surface area contributed by atoms with Crippen molar-refractivity contribution in [2.45, 2.75) is 26.2 Å². The van der Waals surface area contributed by atoms with Crippen LogP contribution in [0.3, 0.4) is 0 Å². The molecule has 1 aromatic rings. The first-order valence-electron chi connectivity index (χ1n) is 5.85. The van der Waals surface area contributed by atoms with E-state index in [9.17, 15) is 4.79 Å². The van der Waals surface area contributed by atoms with Crippen molar-refractivity contribution in [3.63, 3.8) is 0 Å². The first-order chi connectivity index (χ1) is 7.77. The molecule has 0 saturated carbocycles. The summed E-state index contributed by atoms with van der Waals surface area (Å²) in [5, 5.41) is 2.88. The van der Waals surface area contributed by atoms with Gasteiger partial charge in [-0.05, 0) is 43.5 Å². The summed E-state index contributed by atoms with van der Waals surface area (Å²) >= 11 is 0. The maximum atomic E-state index is 11.7. The number of carbonyl (C=O) groups is 1. The maximum absolute atomic E-state index is 11.7. The lowest BCUT2D eigenvalue weighted by molar-refractivity contribution is 0.0953. The van der Waals surface area contributed by atoms with E-state index >= 15 is 0 Å². The Kier molecular flexibility index (Phi) is 5.57. The van der Waals surface area contributed by atoms with Crippen LogP contribution in [0.15, 0.2) is 24.3 Å². The van der Waals surface area contributed by atoms with E-state index in [2.05, 4.69) is 12.2 Å². The van der Waals surface area contributed by atoms with Crippen LogP contribution in [-0.4, -0.2) is 19.0 Å². The topological polar surface area (TPSA) is 55.1 Å². The number of nitrogens with two attached hydrogens (primary N) is 1. The van der Waals surface area contributed by atoms with Gasteiger partial charge in [0.15, 0.2) is 0 Å². The van der Waals surface area contributed by atoms with Gasteiger partial charge in [-0.25, -0.2) is 0 Å². The summed E-state index contributed by atoms with van der Waals surface area (Å²) in [5.74, 6) is -0.000301. The Balaban J connectivity index is 2.40. The van der Waals surface area contributed by atoms with Gasteiger partial charge in [-0.1, -0.05) is 19.1 Å². The lowest BCUT2D eigenvalue weighted by Crippen LogP contribution is -2.24. The third-order valence-electron chi connectivity index (χ3n) is 2.54. The number of carbonyl (C=O) groups excluding carboxylic acids is 1. The van der Waals surface area contributed by atoms with Gasteiger partial charge in [0.1, 0.15) is 0 Å². The molecule has 0 aromatic heterocycles. The number of aryl methyl sites for hydroxylation is 1. The highest BCUT2D eigenvalue weighted by Crippen LogP contribution is 2.04. The zero-order valence-corrected chi connectivity index (χ0v) is 9.83. The lowest BCUT2D eigenvalue weighted by Gasteiger charge is -2.05. The zero-order valence-electron chi connectivity index (χ0n) is 9.83. The molecule has 3 heteroatoms. The summed E-state index contributed by atoms with van der Waals surface area (Å²) in [6.45, 7) is 3.48. The van der Waals surface area contributed by atoms with Crippen LogP contribution < -0.4 is 11.1 Å². The van der Waals surface area contributed by atoms with Crippen molar-refractivity contribution in [1.29, 1.82) is 0 Å². The molecule has 88 valence electrons. The van der Waals surface area contributed by atoms with Crippen LogP contribution in [0.5, 0.6) is 0 Å². The van der Waals surface area contributed by atoms with Crippen LogP contribution in [0.2, 0.25) is 0 Å². The van der Waals surface area contributed by atoms with Gasteiger partial charge in [-0.2, -0.15) is 0 Å². The monoisotopic (exact) mass is 220 g/mol.